The van der Waals surface area contributed by atoms with Crippen molar-refractivity contribution < 1.29 is 9.69 Å². The number of thiophene rings is 1. The van der Waals surface area contributed by atoms with Crippen LogP contribution in [0.5, 0.6) is 0 Å². The Kier molecular flexibility index (Phi) is 4.86. The topological polar surface area (TPSA) is 91.5 Å². The van der Waals surface area contributed by atoms with Gasteiger partial charge in [-0.15, -0.1) is 11.3 Å². The molecule has 1 unspecified atom stereocenters. The first-order valence-electron chi connectivity index (χ1n) is 9.08. The van der Waals surface area contributed by atoms with E-state index in [4.69, 9.17) is 17.3 Å². The van der Waals surface area contributed by atoms with Gasteiger partial charge in [-0.05, 0) is 36.8 Å². The third kappa shape index (κ3) is 3.07. The van der Waals surface area contributed by atoms with E-state index in [1.807, 2.05) is 0 Å². The Morgan fingerprint density at radius 2 is 2.00 bits per heavy atom. The molecule has 0 fully saturated rings. The van der Waals surface area contributed by atoms with Gasteiger partial charge >= 0.3 is 5.69 Å². The summed E-state index contributed by atoms with van der Waals surface area (Å²) >= 11 is 7.37. The average Bonchev–Trinajstić information content (AvgIpc) is 3.05. The van der Waals surface area contributed by atoms with Crippen LogP contribution in [0.1, 0.15) is 17.4 Å². The minimum Gasteiger partial charge on any atom is -0.368 e. The van der Waals surface area contributed by atoms with Crippen LogP contribution < -0.4 is 21.9 Å². The van der Waals surface area contributed by atoms with Crippen LogP contribution in [0.2, 0.25) is 5.02 Å². The first-order chi connectivity index (χ1) is 13.4. The number of likely N-dealkylation sites (N-methyl/N-ethyl adjacent to an activating group) is 1. The molecule has 2 aromatic heterocycles. The van der Waals surface area contributed by atoms with Gasteiger partial charge in [0.2, 0.25) is 5.91 Å². The van der Waals surface area contributed by atoms with E-state index in [-0.39, 0.29) is 12.1 Å². The third-order valence-electron chi connectivity index (χ3n) is 5.19. The molecular formula is C19H20ClN4O3S+. The second-order valence-electron chi connectivity index (χ2n) is 6.92. The number of nitrogens with two attached hydrogens (primary N) is 1. The van der Waals surface area contributed by atoms with Crippen LogP contribution in [-0.4, -0.2) is 28.1 Å². The van der Waals surface area contributed by atoms with Crippen molar-refractivity contribution in [1.29, 1.82) is 0 Å². The summed E-state index contributed by atoms with van der Waals surface area (Å²) in [6, 6.07) is 6.48. The lowest BCUT2D eigenvalue weighted by Crippen LogP contribution is -3.11. The van der Waals surface area contributed by atoms with Gasteiger partial charge in [-0.3, -0.25) is 14.2 Å². The fourth-order valence-corrected chi connectivity index (χ4v) is 5.28. The molecule has 0 bridgehead atoms. The van der Waals surface area contributed by atoms with Gasteiger partial charge in [0, 0.05) is 11.4 Å². The maximum Gasteiger partial charge on any atom is 0.337 e. The van der Waals surface area contributed by atoms with Crippen molar-refractivity contribution in [2.24, 2.45) is 5.73 Å². The Morgan fingerprint density at radius 3 is 2.64 bits per heavy atom. The van der Waals surface area contributed by atoms with Crippen LogP contribution in [-0.2, 0) is 24.3 Å². The molecule has 1 aromatic carbocycles. The van der Waals surface area contributed by atoms with Crippen LogP contribution in [0.4, 0.5) is 0 Å². The molecule has 0 saturated carbocycles. The molecule has 3 heterocycles. The summed E-state index contributed by atoms with van der Waals surface area (Å²) in [6.45, 7) is 4.61. The highest BCUT2D eigenvalue weighted by Gasteiger charge is 2.28. The highest BCUT2D eigenvalue weighted by molar-refractivity contribution is 7.18. The summed E-state index contributed by atoms with van der Waals surface area (Å²) in [5, 5.41) is 1.02. The molecule has 1 aliphatic heterocycles. The number of carbonyl (C=O) groups is 1. The van der Waals surface area contributed by atoms with Gasteiger partial charge in [0.1, 0.15) is 17.9 Å². The van der Waals surface area contributed by atoms with Crippen molar-refractivity contribution in [2.75, 3.05) is 13.1 Å². The summed E-state index contributed by atoms with van der Waals surface area (Å²) in [5.41, 5.74) is 5.86. The van der Waals surface area contributed by atoms with Crippen LogP contribution >= 0.6 is 22.9 Å². The Hall–Kier alpha value is -2.42. The maximum absolute atomic E-state index is 13.4. The van der Waals surface area contributed by atoms with Crippen molar-refractivity contribution in [3.8, 4) is 5.69 Å². The van der Waals surface area contributed by atoms with E-state index >= 15 is 0 Å². The van der Waals surface area contributed by atoms with E-state index in [2.05, 4.69) is 6.92 Å². The fraction of sp³-hybridized carbons (Fsp3) is 0.316. The molecule has 3 N–H and O–H groups in total. The maximum atomic E-state index is 13.4. The number of hydrogen-bond acceptors (Lipinski definition) is 4. The quantitative estimate of drug-likeness (QED) is 0.637. The largest absolute Gasteiger partial charge is 0.368 e. The van der Waals surface area contributed by atoms with Crippen LogP contribution in [0.15, 0.2) is 33.9 Å². The number of benzene rings is 1. The minimum atomic E-state index is -0.628. The number of aromatic nitrogens is 2. The first-order valence-corrected chi connectivity index (χ1v) is 10.3. The minimum absolute atomic E-state index is 0.271. The molecule has 1 amide bonds. The standard InChI is InChI=1S/C19H19ClN4O3S/c1-2-22-8-7-13-14(9-22)28-18-16(13)17(26)24(12-5-3-11(20)4-6-12)19(27)23(18)10-15(21)25/h3-6H,2,7-10H2,1H3,(H2,21,25)/p+1. The van der Waals surface area contributed by atoms with Gasteiger partial charge in [0.15, 0.2) is 0 Å². The van der Waals surface area contributed by atoms with Gasteiger partial charge in [-0.1, -0.05) is 11.6 Å². The Labute approximate surface area is 169 Å². The molecule has 0 aliphatic carbocycles. The number of carbonyl (C=O) groups excluding carboxylic acids is 1. The van der Waals surface area contributed by atoms with Gasteiger partial charge in [0.25, 0.3) is 5.56 Å². The second kappa shape index (κ2) is 7.20. The Balaban J connectivity index is 2.06. The number of hydrogen-bond donors (Lipinski definition) is 2. The number of quaternary nitrogens is 1. The summed E-state index contributed by atoms with van der Waals surface area (Å²) in [6.07, 6.45) is 0.767. The van der Waals surface area contributed by atoms with Gasteiger partial charge in [-0.25, -0.2) is 9.36 Å². The highest BCUT2D eigenvalue weighted by Crippen LogP contribution is 2.30. The van der Waals surface area contributed by atoms with Crippen molar-refractivity contribution >= 4 is 39.1 Å². The lowest BCUT2D eigenvalue weighted by atomic mass is 10.1. The van der Waals surface area contributed by atoms with Crippen molar-refractivity contribution in [3.05, 3.63) is 60.6 Å². The average molecular weight is 420 g/mol. The van der Waals surface area contributed by atoms with Crippen LogP contribution in [0.25, 0.3) is 15.9 Å². The number of amides is 1. The van der Waals surface area contributed by atoms with Gasteiger partial charge < -0.3 is 10.6 Å². The summed E-state index contributed by atoms with van der Waals surface area (Å²) in [4.78, 5) is 41.2. The third-order valence-corrected chi connectivity index (χ3v) is 6.70. The number of fused-ring (bicyclic) bond motifs is 3. The molecule has 4 rings (SSSR count). The molecule has 3 aromatic rings. The molecule has 146 valence electrons. The van der Waals surface area contributed by atoms with Gasteiger partial charge in [-0.2, -0.15) is 0 Å². The zero-order chi connectivity index (χ0) is 20.0. The molecular weight excluding hydrogens is 400 g/mol. The van der Waals surface area contributed by atoms with E-state index in [9.17, 15) is 14.4 Å². The predicted octanol–water partition coefficient (Wildman–Crippen LogP) is 0.314. The lowest BCUT2D eigenvalue weighted by molar-refractivity contribution is -0.913. The number of halogens is 1. The molecule has 9 heteroatoms. The predicted molar refractivity (Wildman–Crippen MR) is 110 cm³/mol. The number of nitrogens with zero attached hydrogens (tertiary/aromatic N) is 2. The summed E-state index contributed by atoms with van der Waals surface area (Å²) < 4.78 is 2.43. The summed E-state index contributed by atoms with van der Waals surface area (Å²) in [7, 11) is 0. The molecule has 0 spiro atoms. The van der Waals surface area contributed by atoms with Crippen molar-refractivity contribution in [1.82, 2.24) is 9.13 Å². The molecule has 1 atom stereocenters. The Bertz CT molecular complexity index is 1190. The lowest BCUT2D eigenvalue weighted by Gasteiger charge is -2.22. The number of primary amides is 1. The molecule has 1 aliphatic rings. The first kappa shape index (κ1) is 18.9. The van der Waals surface area contributed by atoms with E-state index in [1.165, 1.54) is 20.8 Å². The van der Waals surface area contributed by atoms with E-state index < -0.39 is 11.6 Å². The summed E-state index contributed by atoms with van der Waals surface area (Å²) in [5.74, 6) is -0.628. The molecule has 0 radical (unpaired) electrons. The normalized spacial score (nSPS) is 16.3. The molecule has 7 nitrogen and oxygen atoms in total. The van der Waals surface area contributed by atoms with E-state index in [0.29, 0.717) is 20.9 Å². The van der Waals surface area contributed by atoms with Crippen LogP contribution in [0, 0.1) is 0 Å². The van der Waals surface area contributed by atoms with Crippen LogP contribution in [0.3, 0.4) is 0 Å². The fourth-order valence-electron chi connectivity index (χ4n) is 3.75. The zero-order valence-corrected chi connectivity index (χ0v) is 16.9. The molecule has 28 heavy (non-hydrogen) atoms. The van der Waals surface area contributed by atoms with Crippen molar-refractivity contribution in [2.45, 2.75) is 26.4 Å². The Morgan fingerprint density at radius 1 is 1.29 bits per heavy atom. The van der Waals surface area contributed by atoms with Gasteiger partial charge in [0.05, 0.1) is 29.0 Å². The van der Waals surface area contributed by atoms with E-state index in [1.54, 1.807) is 24.3 Å². The molecule has 0 saturated heterocycles. The van der Waals surface area contributed by atoms with E-state index in [0.717, 1.165) is 41.1 Å². The number of nitrogens with one attached hydrogen (secondary N) is 1. The zero-order valence-electron chi connectivity index (χ0n) is 15.3. The monoisotopic (exact) mass is 419 g/mol. The smallest absolute Gasteiger partial charge is 0.337 e. The highest BCUT2D eigenvalue weighted by atomic mass is 35.5. The number of rotatable bonds is 4. The SMILES string of the molecule is CC[NH+]1CCc2c(sc3c2c(=O)n(-c2ccc(Cl)cc2)c(=O)n3CC(N)=O)C1. The second-order valence-corrected chi connectivity index (χ2v) is 8.44. The van der Waals surface area contributed by atoms with Crippen molar-refractivity contribution in [3.63, 3.8) is 0 Å².